The largest absolute Gasteiger partial charge is 0.355 e. The summed E-state index contributed by atoms with van der Waals surface area (Å²) in [4.78, 5) is 13.7. The van der Waals surface area contributed by atoms with Crippen LogP contribution in [0.5, 0.6) is 0 Å². The summed E-state index contributed by atoms with van der Waals surface area (Å²) in [5.41, 5.74) is 1.72. The molecule has 1 amide bonds. The molecule has 1 N–H and O–H groups in total. The minimum Gasteiger partial charge on any atom is -0.355 e. The number of nitrogens with one attached hydrogen (secondary N) is 1. The minimum absolute atomic E-state index is 0.0276. The molecule has 122 valence electrons. The summed E-state index contributed by atoms with van der Waals surface area (Å²) in [5, 5.41) is 4.94. The molecule has 0 spiro atoms. The molecule has 0 radical (unpaired) electrons. The van der Waals surface area contributed by atoms with Crippen molar-refractivity contribution in [3.8, 4) is 0 Å². The second-order valence-corrected chi connectivity index (χ2v) is 8.83. The van der Waals surface area contributed by atoms with Crippen molar-refractivity contribution in [2.24, 2.45) is 0 Å². The Morgan fingerprint density at radius 3 is 2.91 bits per heavy atom. The third kappa shape index (κ3) is 4.00. The highest BCUT2D eigenvalue weighted by molar-refractivity contribution is 7.91. The van der Waals surface area contributed by atoms with Gasteiger partial charge < -0.3 is 5.32 Å². The molecule has 0 bridgehead atoms. The second kappa shape index (κ2) is 6.84. The summed E-state index contributed by atoms with van der Waals surface area (Å²) in [6.45, 7) is 0.624. The quantitative estimate of drug-likeness (QED) is 0.901. The van der Waals surface area contributed by atoms with Crippen LogP contribution < -0.4 is 5.32 Å². The molecule has 0 aliphatic carbocycles. The number of thiophene rings is 1. The summed E-state index contributed by atoms with van der Waals surface area (Å²) in [6, 6.07) is 9.33. The smallest absolute Gasteiger partial charge is 0.224 e. The summed E-state index contributed by atoms with van der Waals surface area (Å²) in [5.74, 6) is 0.197. The highest BCUT2D eigenvalue weighted by Crippen LogP contribution is 2.26. The number of rotatable bonds is 5. The number of amides is 1. The SMILES string of the molecule is O=C(Cc1ccc2c(c1)CCCS2(=O)=O)NCCc1cccs1. The maximum absolute atomic E-state index is 12.0. The van der Waals surface area contributed by atoms with Gasteiger partial charge in [0.05, 0.1) is 17.1 Å². The van der Waals surface area contributed by atoms with E-state index in [1.54, 1.807) is 23.5 Å². The fourth-order valence-electron chi connectivity index (χ4n) is 2.83. The van der Waals surface area contributed by atoms with Gasteiger partial charge in [0.15, 0.2) is 9.84 Å². The number of benzene rings is 1. The Bertz CT molecular complexity index is 795. The van der Waals surface area contributed by atoms with Gasteiger partial charge in [0, 0.05) is 11.4 Å². The summed E-state index contributed by atoms with van der Waals surface area (Å²) in [7, 11) is -3.13. The van der Waals surface area contributed by atoms with Crippen molar-refractivity contribution in [2.75, 3.05) is 12.3 Å². The van der Waals surface area contributed by atoms with Gasteiger partial charge in [0.2, 0.25) is 5.91 Å². The molecule has 0 fully saturated rings. The van der Waals surface area contributed by atoms with Crippen LogP contribution in [0.2, 0.25) is 0 Å². The lowest BCUT2D eigenvalue weighted by molar-refractivity contribution is -0.120. The van der Waals surface area contributed by atoms with E-state index < -0.39 is 9.84 Å². The van der Waals surface area contributed by atoms with Crippen molar-refractivity contribution in [1.29, 1.82) is 0 Å². The topological polar surface area (TPSA) is 63.2 Å². The lowest BCUT2D eigenvalue weighted by Gasteiger charge is -2.17. The third-order valence-corrected chi connectivity index (χ3v) is 6.79. The average molecular weight is 349 g/mol. The molecule has 0 saturated carbocycles. The second-order valence-electron chi connectivity index (χ2n) is 5.72. The highest BCUT2D eigenvalue weighted by atomic mass is 32.2. The van der Waals surface area contributed by atoms with Crippen LogP contribution in [0, 0.1) is 0 Å². The highest BCUT2D eigenvalue weighted by Gasteiger charge is 2.23. The van der Waals surface area contributed by atoms with Gasteiger partial charge in [-0.2, -0.15) is 0 Å². The normalized spacial score (nSPS) is 15.8. The molecule has 0 atom stereocenters. The lowest BCUT2D eigenvalue weighted by Crippen LogP contribution is -2.27. The number of aryl methyl sites for hydroxylation is 1. The Hall–Kier alpha value is -1.66. The van der Waals surface area contributed by atoms with Crippen molar-refractivity contribution in [3.05, 3.63) is 51.7 Å². The van der Waals surface area contributed by atoms with E-state index in [9.17, 15) is 13.2 Å². The van der Waals surface area contributed by atoms with Crippen LogP contribution in [-0.4, -0.2) is 26.6 Å². The number of hydrogen-bond donors (Lipinski definition) is 1. The van der Waals surface area contributed by atoms with Gasteiger partial charge in [-0.25, -0.2) is 8.42 Å². The molecule has 1 aromatic heterocycles. The van der Waals surface area contributed by atoms with Gasteiger partial charge in [-0.1, -0.05) is 18.2 Å². The van der Waals surface area contributed by atoms with Gasteiger partial charge in [-0.3, -0.25) is 4.79 Å². The first-order chi connectivity index (χ1) is 11.0. The predicted molar refractivity (Wildman–Crippen MR) is 91.6 cm³/mol. The molecule has 2 aromatic rings. The van der Waals surface area contributed by atoms with E-state index in [1.165, 1.54) is 4.88 Å². The minimum atomic E-state index is -3.13. The molecule has 3 rings (SSSR count). The molecule has 1 aliphatic heterocycles. The molecule has 0 saturated heterocycles. The number of carbonyl (C=O) groups is 1. The van der Waals surface area contributed by atoms with E-state index in [0.717, 1.165) is 24.0 Å². The van der Waals surface area contributed by atoms with Crippen LogP contribution in [0.4, 0.5) is 0 Å². The van der Waals surface area contributed by atoms with E-state index in [0.29, 0.717) is 17.9 Å². The summed E-state index contributed by atoms with van der Waals surface area (Å²) < 4.78 is 24.0. The van der Waals surface area contributed by atoms with Crippen molar-refractivity contribution in [3.63, 3.8) is 0 Å². The molecule has 1 aromatic carbocycles. The molecule has 4 nitrogen and oxygen atoms in total. The van der Waals surface area contributed by atoms with E-state index in [2.05, 4.69) is 11.4 Å². The maximum atomic E-state index is 12.0. The number of fused-ring (bicyclic) bond motifs is 1. The Kier molecular flexibility index (Phi) is 4.82. The zero-order chi connectivity index (χ0) is 16.3. The Balaban J connectivity index is 1.58. The van der Waals surface area contributed by atoms with Crippen LogP contribution in [-0.2, 0) is 33.9 Å². The summed E-state index contributed by atoms with van der Waals surface area (Å²) in [6.07, 6.45) is 2.55. The van der Waals surface area contributed by atoms with E-state index in [-0.39, 0.29) is 18.1 Å². The van der Waals surface area contributed by atoms with Crippen LogP contribution in [0.3, 0.4) is 0 Å². The molecule has 23 heavy (non-hydrogen) atoms. The molecular weight excluding hydrogens is 330 g/mol. The van der Waals surface area contributed by atoms with E-state index >= 15 is 0 Å². The van der Waals surface area contributed by atoms with Gasteiger partial charge in [-0.05, 0) is 47.9 Å². The maximum Gasteiger partial charge on any atom is 0.224 e. The number of carbonyl (C=O) groups excluding carboxylic acids is 1. The first-order valence-corrected chi connectivity index (χ1v) is 10.2. The van der Waals surface area contributed by atoms with E-state index in [4.69, 9.17) is 0 Å². The molecule has 1 aliphatic rings. The van der Waals surface area contributed by atoms with Crippen LogP contribution in [0.1, 0.15) is 22.4 Å². The van der Waals surface area contributed by atoms with Gasteiger partial charge in [0.1, 0.15) is 0 Å². The lowest BCUT2D eigenvalue weighted by atomic mass is 10.0. The Morgan fingerprint density at radius 2 is 2.13 bits per heavy atom. The van der Waals surface area contributed by atoms with Gasteiger partial charge in [0.25, 0.3) is 0 Å². The Morgan fingerprint density at radius 1 is 1.26 bits per heavy atom. The first kappa shape index (κ1) is 16.2. The summed E-state index contributed by atoms with van der Waals surface area (Å²) >= 11 is 1.69. The van der Waals surface area contributed by atoms with Crippen molar-refractivity contribution < 1.29 is 13.2 Å². The van der Waals surface area contributed by atoms with Crippen LogP contribution >= 0.6 is 11.3 Å². The number of sulfone groups is 1. The fraction of sp³-hybridized carbons (Fsp3) is 0.353. The van der Waals surface area contributed by atoms with Gasteiger partial charge >= 0.3 is 0 Å². The molecular formula is C17H19NO3S2. The van der Waals surface area contributed by atoms with Crippen LogP contribution in [0.15, 0.2) is 40.6 Å². The molecule has 2 heterocycles. The van der Waals surface area contributed by atoms with Crippen molar-refractivity contribution in [1.82, 2.24) is 5.32 Å². The monoisotopic (exact) mass is 349 g/mol. The Labute approximate surface area is 140 Å². The van der Waals surface area contributed by atoms with E-state index in [1.807, 2.05) is 17.5 Å². The molecule has 0 unspecified atom stereocenters. The average Bonchev–Trinajstić information content (AvgIpc) is 3.00. The van der Waals surface area contributed by atoms with Crippen LogP contribution in [0.25, 0.3) is 0 Å². The zero-order valence-electron chi connectivity index (χ0n) is 12.7. The first-order valence-electron chi connectivity index (χ1n) is 7.68. The van der Waals surface area contributed by atoms with Crippen molar-refractivity contribution >= 4 is 27.1 Å². The zero-order valence-corrected chi connectivity index (χ0v) is 14.4. The van der Waals surface area contributed by atoms with Gasteiger partial charge in [-0.15, -0.1) is 11.3 Å². The fourth-order valence-corrected chi connectivity index (χ4v) is 5.12. The third-order valence-electron chi connectivity index (χ3n) is 3.96. The predicted octanol–water partition coefficient (Wildman–Crippen LogP) is 2.37. The van der Waals surface area contributed by atoms with Crippen molar-refractivity contribution in [2.45, 2.75) is 30.6 Å². The molecule has 6 heteroatoms. The number of hydrogen-bond acceptors (Lipinski definition) is 4. The standard InChI is InChI=1S/C17H19NO3S2/c19-17(18-8-7-15-4-1-9-22-15)12-13-5-6-16-14(11-13)3-2-10-23(16,20)21/h1,4-6,9,11H,2-3,7-8,10,12H2,(H,18,19).